The first-order chi connectivity index (χ1) is 9.94. The Labute approximate surface area is 126 Å². The Balaban J connectivity index is 1.50. The van der Waals surface area contributed by atoms with Crippen molar-refractivity contribution in [3.05, 3.63) is 0 Å². The molecular weight excluding hydrogens is 266 g/mol. The summed E-state index contributed by atoms with van der Waals surface area (Å²) < 4.78 is 0. The lowest BCUT2D eigenvalue weighted by atomic mass is 9.49. The van der Waals surface area contributed by atoms with Gasteiger partial charge < -0.3 is 10.4 Å². The first-order valence-corrected chi connectivity index (χ1v) is 8.42. The molecule has 4 fully saturated rings. The summed E-state index contributed by atoms with van der Waals surface area (Å²) in [6, 6.07) is 0. The molecule has 118 valence electrons. The second-order valence-electron chi connectivity index (χ2n) is 8.10. The van der Waals surface area contributed by atoms with Crippen LogP contribution in [0.15, 0.2) is 0 Å². The lowest BCUT2D eigenvalue weighted by molar-refractivity contribution is -0.138. The summed E-state index contributed by atoms with van der Waals surface area (Å²) in [4.78, 5) is 22.9. The largest absolute Gasteiger partial charge is 0.481 e. The Kier molecular flexibility index (Phi) is 3.98. The summed E-state index contributed by atoms with van der Waals surface area (Å²) in [5.74, 6) is 1.95. The number of carboxylic acids is 1. The molecule has 4 nitrogen and oxygen atoms in total. The van der Waals surface area contributed by atoms with E-state index in [-0.39, 0.29) is 23.7 Å². The number of carbonyl (C=O) groups is 2. The summed E-state index contributed by atoms with van der Waals surface area (Å²) in [5.41, 5.74) is 0.273. The summed E-state index contributed by atoms with van der Waals surface area (Å²) >= 11 is 0. The smallest absolute Gasteiger partial charge is 0.303 e. The molecule has 4 saturated carbocycles. The molecule has 4 heteroatoms. The molecule has 21 heavy (non-hydrogen) atoms. The van der Waals surface area contributed by atoms with Gasteiger partial charge in [0.15, 0.2) is 0 Å². The quantitative estimate of drug-likeness (QED) is 0.791. The van der Waals surface area contributed by atoms with Crippen molar-refractivity contribution in [2.75, 3.05) is 6.54 Å². The summed E-state index contributed by atoms with van der Waals surface area (Å²) in [6.45, 7) is 2.36. The van der Waals surface area contributed by atoms with E-state index in [4.69, 9.17) is 5.11 Å². The van der Waals surface area contributed by atoms with Crippen molar-refractivity contribution in [3.8, 4) is 0 Å². The Morgan fingerprint density at radius 2 is 1.67 bits per heavy atom. The standard InChI is InChI=1S/C17H27NO3/c1-11(2-16(20)21)10-18-15(19)9-17-6-12-3-13(7-17)5-14(4-12)8-17/h11-14H,2-10H2,1H3,(H,18,19)(H,20,21). The highest BCUT2D eigenvalue weighted by Gasteiger charge is 2.51. The van der Waals surface area contributed by atoms with Crippen molar-refractivity contribution in [1.82, 2.24) is 5.32 Å². The summed E-state index contributed by atoms with van der Waals surface area (Å²) in [6.07, 6.45) is 8.72. The van der Waals surface area contributed by atoms with E-state index in [1.807, 2.05) is 6.92 Å². The van der Waals surface area contributed by atoms with Crippen LogP contribution in [0.3, 0.4) is 0 Å². The number of aliphatic carboxylic acids is 1. The van der Waals surface area contributed by atoms with E-state index in [0.717, 1.165) is 17.8 Å². The lowest BCUT2D eigenvalue weighted by Gasteiger charge is -2.56. The molecule has 0 aromatic heterocycles. The molecule has 4 aliphatic carbocycles. The third-order valence-electron chi connectivity index (χ3n) is 5.87. The van der Waals surface area contributed by atoms with E-state index >= 15 is 0 Å². The number of nitrogens with one attached hydrogen (secondary N) is 1. The van der Waals surface area contributed by atoms with E-state index in [2.05, 4.69) is 5.32 Å². The van der Waals surface area contributed by atoms with E-state index < -0.39 is 5.97 Å². The van der Waals surface area contributed by atoms with E-state index in [1.165, 1.54) is 38.5 Å². The molecular formula is C17H27NO3. The third-order valence-corrected chi connectivity index (χ3v) is 5.87. The van der Waals surface area contributed by atoms with Gasteiger partial charge >= 0.3 is 5.97 Å². The van der Waals surface area contributed by atoms with Gasteiger partial charge in [-0.25, -0.2) is 0 Å². The monoisotopic (exact) mass is 293 g/mol. The SMILES string of the molecule is CC(CNC(=O)CC12CC3CC(CC(C3)C1)C2)CC(=O)O. The topological polar surface area (TPSA) is 66.4 Å². The van der Waals surface area contributed by atoms with Crippen LogP contribution in [0.2, 0.25) is 0 Å². The zero-order valence-electron chi connectivity index (χ0n) is 12.9. The number of hydrogen-bond donors (Lipinski definition) is 2. The summed E-state index contributed by atoms with van der Waals surface area (Å²) in [7, 11) is 0. The van der Waals surface area contributed by atoms with Crippen molar-refractivity contribution < 1.29 is 14.7 Å². The molecule has 4 aliphatic rings. The van der Waals surface area contributed by atoms with Crippen LogP contribution in [0.4, 0.5) is 0 Å². The van der Waals surface area contributed by atoms with Crippen LogP contribution in [0.25, 0.3) is 0 Å². The van der Waals surface area contributed by atoms with Crippen LogP contribution in [0.1, 0.15) is 58.3 Å². The fourth-order valence-electron chi connectivity index (χ4n) is 5.57. The Hall–Kier alpha value is -1.06. The number of hydrogen-bond acceptors (Lipinski definition) is 2. The van der Waals surface area contributed by atoms with E-state index in [0.29, 0.717) is 13.0 Å². The van der Waals surface area contributed by atoms with Crippen LogP contribution < -0.4 is 5.32 Å². The maximum Gasteiger partial charge on any atom is 0.303 e. The molecule has 2 N–H and O–H groups in total. The number of carbonyl (C=O) groups excluding carboxylic acids is 1. The molecule has 0 aromatic carbocycles. The fourth-order valence-corrected chi connectivity index (χ4v) is 5.57. The van der Waals surface area contributed by atoms with Gasteiger partial charge in [0.2, 0.25) is 5.91 Å². The molecule has 0 aromatic rings. The highest BCUT2D eigenvalue weighted by molar-refractivity contribution is 5.77. The minimum Gasteiger partial charge on any atom is -0.481 e. The minimum absolute atomic E-state index is 0.00260. The molecule has 1 amide bonds. The Bertz CT molecular complexity index is 396. The van der Waals surface area contributed by atoms with Crippen molar-refractivity contribution in [2.45, 2.75) is 58.3 Å². The van der Waals surface area contributed by atoms with Crippen LogP contribution in [-0.4, -0.2) is 23.5 Å². The van der Waals surface area contributed by atoms with Crippen molar-refractivity contribution in [3.63, 3.8) is 0 Å². The van der Waals surface area contributed by atoms with Gasteiger partial charge in [-0.1, -0.05) is 6.92 Å². The molecule has 4 bridgehead atoms. The van der Waals surface area contributed by atoms with Gasteiger partial charge in [-0.05, 0) is 67.6 Å². The maximum absolute atomic E-state index is 12.3. The zero-order chi connectivity index (χ0) is 15.0. The molecule has 1 unspecified atom stereocenters. The summed E-state index contributed by atoms with van der Waals surface area (Å²) in [5, 5.41) is 11.7. The lowest BCUT2D eigenvalue weighted by Crippen LogP contribution is -2.48. The van der Waals surface area contributed by atoms with Crippen molar-refractivity contribution in [2.24, 2.45) is 29.1 Å². The average Bonchev–Trinajstić information content (AvgIpc) is 2.33. The van der Waals surface area contributed by atoms with E-state index in [9.17, 15) is 9.59 Å². The average molecular weight is 293 g/mol. The van der Waals surface area contributed by atoms with Crippen LogP contribution in [-0.2, 0) is 9.59 Å². The van der Waals surface area contributed by atoms with Crippen LogP contribution in [0.5, 0.6) is 0 Å². The second-order valence-corrected chi connectivity index (χ2v) is 8.10. The first-order valence-electron chi connectivity index (χ1n) is 8.42. The van der Waals surface area contributed by atoms with Gasteiger partial charge in [0.1, 0.15) is 0 Å². The normalized spacial score (nSPS) is 38.2. The van der Waals surface area contributed by atoms with Crippen molar-refractivity contribution >= 4 is 11.9 Å². The molecule has 0 heterocycles. The Morgan fingerprint density at radius 1 is 1.14 bits per heavy atom. The second kappa shape index (κ2) is 5.62. The fraction of sp³-hybridized carbons (Fsp3) is 0.882. The first kappa shape index (κ1) is 14.9. The van der Waals surface area contributed by atoms with Gasteiger partial charge in [-0.3, -0.25) is 9.59 Å². The minimum atomic E-state index is -0.794. The van der Waals surface area contributed by atoms with Gasteiger partial charge in [-0.15, -0.1) is 0 Å². The zero-order valence-corrected chi connectivity index (χ0v) is 12.9. The Morgan fingerprint density at radius 3 is 2.14 bits per heavy atom. The predicted octanol–water partition coefficient (Wildman–Crippen LogP) is 2.82. The number of rotatable bonds is 6. The van der Waals surface area contributed by atoms with Gasteiger partial charge in [0, 0.05) is 19.4 Å². The van der Waals surface area contributed by atoms with E-state index in [1.54, 1.807) is 0 Å². The molecule has 0 aliphatic heterocycles. The van der Waals surface area contributed by atoms with Crippen LogP contribution >= 0.6 is 0 Å². The molecule has 4 rings (SSSR count). The number of amides is 1. The highest BCUT2D eigenvalue weighted by Crippen LogP contribution is 2.61. The number of carboxylic acid groups (broad SMARTS) is 1. The van der Waals surface area contributed by atoms with Crippen LogP contribution in [0, 0.1) is 29.1 Å². The molecule has 0 saturated heterocycles. The highest BCUT2D eigenvalue weighted by atomic mass is 16.4. The van der Waals surface area contributed by atoms with Crippen molar-refractivity contribution in [1.29, 1.82) is 0 Å². The molecule has 0 radical (unpaired) electrons. The molecule has 0 spiro atoms. The predicted molar refractivity (Wildman–Crippen MR) is 79.6 cm³/mol. The maximum atomic E-state index is 12.3. The molecule has 1 atom stereocenters. The van der Waals surface area contributed by atoms with Gasteiger partial charge in [0.25, 0.3) is 0 Å². The van der Waals surface area contributed by atoms with Gasteiger partial charge in [-0.2, -0.15) is 0 Å². The van der Waals surface area contributed by atoms with Gasteiger partial charge in [0.05, 0.1) is 0 Å². The third kappa shape index (κ3) is 3.41.